The van der Waals surface area contributed by atoms with Gasteiger partial charge in [0.25, 0.3) is 0 Å². The van der Waals surface area contributed by atoms with Gasteiger partial charge in [0.1, 0.15) is 0 Å². The minimum absolute atomic E-state index is 0.803. The quantitative estimate of drug-likeness (QED) is 0.688. The van der Waals surface area contributed by atoms with E-state index in [1.165, 1.54) is 39.0 Å². The van der Waals surface area contributed by atoms with Gasteiger partial charge >= 0.3 is 0 Å². The van der Waals surface area contributed by atoms with Crippen molar-refractivity contribution in [3.05, 3.63) is 0 Å². The summed E-state index contributed by atoms with van der Waals surface area (Å²) in [5.41, 5.74) is 0. The summed E-state index contributed by atoms with van der Waals surface area (Å²) in [6, 6.07) is 0.803. The van der Waals surface area contributed by atoms with Crippen molar-refractivity contribution in [3.63, 3.8) is 0 Å². The lowest BCUT2D eigenvalue weighted by Gasteiger charge is -2.19. The second-order valence-corrected chi connectivity index (χ2v) is 5.06. The first-order valence-electron chi connectivity index (χ1n) is 5.95. The van der Waals surface area contributed by atoms with Crippen molar-refractivity contribution >= 4 is 0 Å². The Hall–Kier alpha value is -0.120. The van der Waals surface area contributed by atoms with Gasteiger partial charge in [-0.1, -0.05) is 0 Å². The summed E-state index contributed by atoms with van der Waals surface area (Å²) in [5.74, 6) is 1.76. The second kappa shape index (κ2) is 3.80. The fourth-order valence-corrected chi connectivity index (χ4v) is 3.18. The van der Waals surface area contributed by atoms with Crippen molar-refractivity contribution in [2.75, 3.05) is 39.4 Å². The lowest BCUT2D eigenvalue weighted by atomic mass is 10.1. The van der Waals surface area contributed by atoms with Crippen LogP contribution in [-0.4, -0.2) is 50.3 Å². The highest BCUT2D eigenvalue weighted by atomic mass is 16.5. The molecule has 0 bridgehead atoms. The molecule has 3 aliphatic heterocycles. The summed E-state index contributed by atoms with van der Waals surface area (Å²) in [7, 11) is 0. The third-order valence-corrected chi connectivity index (χ3v) is 3.98. The van der Waals surface area contributed by atoms with Crippen molar-refractivity contribution in [2.24, 2.45) is 11.8 Å². The number of hydrogen-bond donors (Lipinski definition) is 1. The maximum Gasteiger partial charge on any atom is 0.0507 e. The average Bonchev–Trinajstić information content (AvgIpc) is 2.78. The summed E-state index contributed by atoms with van der Waals surface area (Å²) in [6.45, 7) is 7.11. The van der Waals surface area contributed by atoms with E-state index >= 15 is 0 Å². The van der Waals surface area contributed by atoms with Gasteiger partial charge in [-0.05, 0) is 31.2 Å². The highest BCUT2D eigenvalue weighted by molar-refractivity contribution is 4.94. The lowest BCUT2D eigenvalue weighted by Crippen LogP contribution is -2.33. The minimum atomic E-state index is 0.803. The second-order valence-electron chi connectivity index (χ2n) is 5.06. The molecular formula is C11H20N2O. The number of likely N-dealkylation sites (tertiary alicyclic amines) is 1. The van der Waals surface area contributed by atoms with Crippen LogP contribution in [0.5, 0.6) is 0 Å². The molecule has 3 nitrogen and oxygen atoms in total. The van der Waals surface area contributed by atoms with E-state index in [0.29, 0.717) is 0 Å². The Morgan fingerprint density at radius 3 is 3.07 bits per heavy atom. The third kappa shape index (κ3) is 1.69. The van der Waals surface area contributed by atoms with E-state index in [1.54, 1.807) is 0 Å². The monoisotopic (exact) mass is 196 g/mol. The fraction of sp³-hybridized carbons (Fsp3) is 1.00. The molecule has 0 amide bonds. The van der Waals surface area contributed by atoms with Crippen LogP contribution in [0.1, 0.15) is 12.8 Å². The van der Waals surface area contributed by atoms with Crippen LogP contribution < -0.4 is 5.32 Å². The molecule has 0 spiro atoms. The van der Waals surface area contributed by atoms with E-state index in [-0.39, 0.29) is 0 Å². The molecule has 0 radical (unpaired) electrons. The van der Waals surface area contributed by atoms with Crippen LogP contribution in [-0.2, 0) is 4.74 Å². The number of nitrogens with one attached hydrogen (secondary N) is 1. The Kier molecular flexibility index (Phi) is 2.48. The van der Waals surface area contributed by atoms with E-state index in [0.717, 1.165) is 31.1 Å². The van der Waals surface area contributed by atoms with Gasteiger partial charge in [-0.25, -0.2) is 0 Å². The van der Waals surface area contributed by atoms with Crippen molar-refractivity contribution in [3.8, 4) is 0 Å². The van der Waals surface area contributed by atoms with Gasteiger partial charge in [0, 0.05) is 32.3 Å². The van der Waals surface area contributed by atoms with Crippen molar-refractivity contribution < 1.29 is 4.74 Å². The molecule has 0 aromatic carbocycles. The summed E-state index contributed by atoms with van der Waals surface area (Å²) < 4.78 is 5.42. The van der Waals surface area contributed by atoms with Crippen LogP contribution in [0.2, 0.25) is 0 Å². The maximum atomic E-state index is 5.42. The standard InChI is InChI=1S/C11H20N2O/c1-3-12-11-7-13(6-10(1)11)5-9-2-4-14-8-9/h9-12H,1-8H2/t9?,10-,11+/m0/s1. The molecule has 0 aliphatic carbocycles. The van der Waals surface area contributed by atoms with Crippen LogP contribution in [0.15, 0.2) is 0 Å². The molecule has 3 rings (SSSR count). The smallest absolute Gasteiger partial charge is 0.0507 e. The molecule has 3 saturated heterocycles. The summed E-state index contributed by atoms with van der Waals surface area (Å²) in [5, 5.41) is 3.60. The minimum Gasteiger partial charge on any atom is -0.381 e. The Morgan fingerprint density at radius 1 is 1.29 bits per heavy atom. The zero-order valence-electron chi connectivity index (χ0n) is 8.74. The van der Waals surface area contributed by atoms with Gasteiger partial charge in [-0.2, -0.15) is 0 Å². The SMILES string of the molecule is C1C[C@H]2CN(CC3CCOC3)C[C@H]2N1. The van der Waals surface area contributed by atoms with Crippen LogP contribution in [0.25, 0.3) is 0 Å². The number of nitrogens with zero attached hydrogens (tertiary/aromatic N) is 1. The topological polar surface area (TPSA) is 24.5 Å². The van der Waals surface area contributed by atoms with E-state index < -0.39 is 0 Å². The molecule has 1 unspecified atom stereocenters. The van der Waals surface area contributed by atoms with Crippen LogP contribution in [0.4, 0.5) is 0 Å². The predicted molar refractivity (Wildman–Crippen MR) is 55.3 cm³/mol. The summed E-state index contributed by atoms with van der Waals surface area (Å²) in [4.78, 5) is 2.64. The summed E-state index contributed by atoms with van der Waals surface area (Å²) in [6.07, 6.45) is 2.67. The maximum absolute atomic E-state index is 5.42. The highest BCUT2D eigenvalue weighted by Gasteiger charge is 2.36. The molecule has 0 aromatic rings. The van der Waals surface area contributed by atoms with Gasteiger partial charge < -0.3 is 15.0 Å². The Labute approximate surface area is 85.8 Å². The van der Waals surface area contributed by atoms with Crippen LogP contribution in [0, 0.1) is 11.8 Å². The average molecular weight is 196 g/mol. The molecular weight excluding hydrogens is 176 g/mol. The van der Waals surface area contributed by atoms with E-state index in [2.05, 4.69) is 10.2 Å². The molecule has 3 heterocycles. The predicted octanol–water partition coefficient (Wildman–Crippen LogP) is 0.317. The Morgan fingerprint density at radius 2 is 2.29 bits per heavy atom. The van der Waals surface area contributed by atoms with Crippen molar-refractivity contribution in [1.82, 2.24) is 10.2 Å². The molecule has 3 atom stereocenters. The van der Waals surface area contributed by atoms with Crippen molar-refractivity contribution in [1.29, 1.82) is 0 Å². The molecule has 0 aromatic heterocycles. The van der Waals surface area contributed by atoms with Crippen LogP contribution >= 0.6 is 0 Å². The fourth-order valence-electron chi connectivity index (χ4n) is 3.18. The highest BCUT2D eigenvalue weighted by Crippen LogP contribution is 2.26. The molecule has 3 fully saturated rings. The molecule has 0 saturated carbocycles. The number of fused-ring (bicyclic) bond motifs is 1. The van der Waals surface area contributed by atoms with E-state index in [4.69, 9.17) is 4.74 Å². The molecule has 80 valence electrons. The Balaban J connectivity index is 1.50. The van der Waals surface area contributed by atoms with Crippen molar-refractivity contribution in [2.45, 2.75) is 18.9 Å². The third-order valence-electron chi connectivity index (χ3n) is 3.98. The van der Waals surface area contributed by atoms with E-state index in [1.807, 2.05) is 0 Å². The Bertz CT molecular complexity index is 191. The van der Waals surface area contributed by atoms with Gasteiger partial charge in [0.2, 0.25) is 0 Å². The molecule has 3 heteroatoms. The molecule has 3 aliphatic rings. The van der Waals surface area contributed by atoms with Gasteiger partial charge in [-0.3, -0.25) is 0 Å². The normalized spacial score (nSPS) is 43.3. The van der Waals surface area contributed by atoms with Gasteiger partial charge in [0.15, 0.2) is 0 Å². The number of rotatable bonds is 2. The van der Waals surface area contributed by atoms with Crippen LogP contribution in [0.3, 0.4) is 0 Å². The molecule has 1 N–H and O–H groups in total. The zero-order chi connectivity index (χ0) is 9.38. The largest absolute Gasteiger partial charge is 0.381 e. The first kappa shape index (κ1) is 9.13. The first-order valence-corrected chi connectivity index (χ1v) is 5.95. The molecule has 14 heavy (non-hydrogen) atoms. The number of hydrogen-bond acceptors (Lipinski definition) is 3. The lowest BCUT2D eigenvalue weighted by molar-refractivity contribution is 0.172. The zero-order valence-corrected chi connectivity index (χ0v) is 8.74. The van der Waals surface area contributed by atoms with E-state index in [9.17, 15) is 0 Å². The van der Waals surface area contributed by atoms with Gasteiger partial charge in [-0.15, -0.1) is 0 Å². The number of ether oxygens (including phenoxy) is 1. The first-order chi connectivity index (χ1) is 6.92. The van der Waals surface area contributed by atoms with Gasteiger partial charge in [0.05, 0.1) is 6.61 Å². The summed E-state index contributed by atoms with van der Waals surface area (Å²) >= 11 is 0.